The summed E-state index contributed by atoms with van der Waals surface area (Å²) >= 11 is 0. The summed E-state index contributed by atoms with van der Waals surface area (Å²) in [5.41, 5.74) is -0.207. The highest BCUT2D eigenvalue weighted by atomic mass is 19.2. The number of ether oxygens (including phenoxy) is 3. The molecular weight excluding hydrogens is 501 g/mol. The van der Waals surface area contributed by atoms with Crippen LogP contribution in [0.3, 0.4) is 0 Å². The molecule has 5 rings (SSSR count). The topological polar surface area (TPSA) is 68.3 Å². The molecule has 7 nitrogen and oxygen atoms in total. The lowest BCUT2D eigenvalue weighted by Gasteiger charge is -2.36. The number of hydrogen-bond acceptors (Lipinski definition) is 5. The molecular formula is C28H25F3N2O5. The van der Waals surface area contributed by atoms with Gasteiger partial charge in [0.1, 0.15) is 11.5 Å². The summed E-state index contributed by atoms with van der Waals surface area (Å²) in [7, 11) is 0. The van der Waals surface area contributed by atoms with Gasteiger partial charge in [0.2, 0.25) is 5.82 Å². The molecule has 0 spiro atoms. The zero-order chi connectivity index (χ0) is 26.8. The van der Waals surface area contributed by atoms with Crippen molar-refractivity contribution in [2.45, 2.75) is 19.1 Å². The van der Waals surface area contributed by atoms with Crippen LogP contribution in [0.1, 0.15) is 27.6 Å². The van der Waals surface area contributed by atoms with Crippen molar-refractivity contribution < 1.29 is 37.0 Å². The van der Waals surface area contributed by atoms with Gasteiger partial charge in [0.15, 0.2) is 17.4 Å². The van der Waals surface area contributed by atoms with E-state index in [0.29, 0.717) is 29.7 Å². The molecule has 0 aliphatic carbocycles. The Hall–Kier alpha value is -4.05. The van der Waals surface area contributed by atoms with E-state index in [-0.39, 0.29) is 32.2 Å². The van der Waals surface area contributed by atoms with Crippen molar-refractivity contribution in [1.29, 1.82) is 0 Å². The number of likely N-dealkylation sites (tertiary alicyclic amines) is 1. The number of morpholine rings is 1. The number of para-hydroxylation sites is 1. The van der Waals surface area contributed by atoms with Crippen LogP contribution in [-0.2, 0) is 4.74 Å². The largest absolute Gasteiger partial charge is 0.488 e. The number of fused-ring (bicyclic) bond motifs is 1. The summed E-state index contributed by atoms with van der Waals surface area (Å²) in [6.07, 6.45) is -0.503. The molecule has 2 aliphatic heterocycles. The number of amides is 2. The van der Waals surface area contributed by atoms with E-state index in [4.69, 9.17) is 14.2 Å². The Balaban J connectivity index is 1.31. The first-order valence-electron chi connectivity index (χ1n) is 12.2. The number of carbonyl (C=O) groups excluding carboxylic acids is 2. The van der Waals surface area contributed by atoms with E-state index in [2.05, 4.69) is 0 Å². The highest BCUT2D eigenvalue weighted by Crippen LogP contribution is 2.31. The molecule has 3 aromatic rings. The first-order chi connectivity index (χ1) is 18.4. The summed E-state index contributed by atoms with van der Waals surface area (Å²) in [4.78, 5) is 29.4. The Morgan fingerprint density at radius 1 is 0.947 bits per heavy atom. The average Bonchev–Trinajstić information content (AvgIpc) is 3.38. The van der Waals surface area contributed by atoms with Crippen molar-refractivity contribution in [3.63, 3.8) is 0 Å². The molecule has 0 unspecified atom stereocenters. The summed E-state index contributed by atoms with van der Waals surface area (Å²) in [6.45, 7) is 2.06. The zero-order valence-corrected chi connectivity index (χ0v) is 20.5. The normalized spacial score (nSPS) is 18.7. The van der Waals surface area contributed by atoms with E-state index in [1.54, 1.807) is 29.2 Å². The molecule has 0 aromatic heterocycles. The maximum Gasteiger partial charge on any atom is 0.257 e. The smallest absolute Gasteiger partial charge is 0.257 e. The first-order valence-corrected chi connectivity index (χ1v) is 12.2. The lowest BCUT2D eigenvalue weighted by Crippen LogP contribution is -2.53. The Morgan fingerprint density at radius 2 is 1.66 bits per heavy atom. The number of nitrogens with zero attached hydrogens (tertiary/aromatic N) is 2. The third kappa shape index (κ3) is 4.91. The van der Waals surface area contributed by atoms with Crippen molar-refractivity contribution in [2.24, 2.45) is 0 Å². The fourth-order valence-electron chi connectivity index (χ4n) is 4.74. The molecule has 38 heavy (non-hydrogen) atoms. The Kier molecular flexibility index (Phi) is 7.24. The SMILES string of the molecule is CCOc1c(F)c(F)cc(C(=O)N2C[C@H]3OCCN(C(=O)c4ccc(Oc5ccccc5)cc4)[C@H]3C2)c1F. The van der Waals surface area contributed by atoms with Gasteiger partial charge in [-0.3, -0.25) is 9.59 Å². The minimum atomic E-state index is -1.49. The molecule has 0 N–H and O–H groups in total. The molecule has 0 radical (unpaired) electrons. The highest BCUT2D eigenvalue weighted by molar-refractivity contribution is 5.96. The van der Waals surface area contributed by atoms with E-state index in [1.807, 2.05) is 30.3 Å². The molecule has 198 valence electrons. The van der Waals surface area contributed by atoms with Gasteiger partial charge in [-0.25, -0.2) is 8.78 Å². The second-order valence-corrected chi connectivity index (χ2v) is 8.92. The zero-order valence-electron chi connectivity index (χ0n) is 20.5. The van der Waals surface area contributed by atoms with Crippen LogP contribution in [-0.4, -0.2) is 66.6 Å². The maximum absolute atomic E-state index is 14.9. The van der Waals surface area contributed by atoms with Crippen molar-refractivity contribution in [3.8, 4) is 17.2 Å². The minimum Gasteiger partial charge on any atom is -0.488 e. The number of benzene rings is 3. The second-order valence-electron chi connectivity index (χ2n) is 8.92. The van der Waals surface area contributed by atoms with Crippen LogP contribution < -0.4 is 9.47 Å². The minimum absolute atomic E-state index is 0.0485. The Labute approximate surface area is 217 Å². The van der Waals surface area contributed by atoms with E-state index < -0.39 is 46.8 Å². The third-order valence-corrected chi connectivity index (χ3v) is 6.56. The highest BCUT2D eigenvalue weighted by Gasteiger charge is 2.44. The summed E-state index contributed by atoms with van der Waals surface area (Å²) in [5, 5.41) is 0. The summed E-state index contributed by atoms with van der Waals surface area (Å²) in [6, 6.07) is 16.0. The van der Waals surface area contributed by atoms with Crippen LogP contribution in [0.15, 0.2) is 60.7 Å². The van der Waals surface area contributed by atoms with Crippen molar-refractivity contribution >= 4 is 11.8 Å². The van der Waals surface area contributed by atoms with Gasteiger partial charge < -0.3 is 24.0 Å². The molecule has 3 aromatic carbocycles. The fourth-order valence-corrected chi connectivity index (χ4v) is 4.74. The molecule has 2 heterocycles. The number of hydrogen-bond donors (Lipinski definition) is 0. The second kappa shape index (κ2) is 10.7. The van der Waals surface area contributed by atoms with Crippen LogP contribution in [0.2, 0.25) is 0 Å². The summed E-state index contributed by atoms with van der Waals surface area (Å²) < 4.78 is 59.5. The molecule has 10 heteroatoms. The standard InChI is InChI=1S/C28H25F3N2O5/c1-2-36-26-24(30)20(14-21(29)25(26)31)28(35)32-15-22-23(16-32)37-13-12-33(22)27(34)17-8-10-19(11-9-17)38-18-6-4-3-5-7-18/h3-11,14,22-23H,2,12-13,15-16H2,1H3/t22-,23+/m0/s1. The Bertz CT molecular complexity index is 1340. The fraction of sp³-hybridized carbons (Fsp3) is 0.286. The van der Waals surface area contributed by atoms with Crippen molar-refractivity contribution in [1.82, 2.24) is 9.80 Å². The van der Waals surface area contributed by atoms with Gasteiger partial charge in [-0.1, -0.05) is 18.2 Å². The van der Waals surface area contributed by atoms with E-state index >= 15 is 0 Å². The van der Waals surface area contributed by atoms with Gasteiger partial charge in [-0.15, -0.1) is 0 Å². The molecule has 2 aliphatic rings. The van der Waals surface area contributed by atoms with Crippen LogP contribution in [0.25, 0.3) is 0 Å². The molecule has 0 bridgehead atoms. The maximum atomic E-state index is 14.9. The number of halogens is 3. The summed E-state index contributed by atoms with van der Waals surface area (Å²) in [5.74, 6) is -4.91. The first kappa shape index (κ1) is 25.6. The van der Waals surface area contributed by atoms with E-state index in [1.165, 1.54) is 11.8 Å². The van der Waals surface area contributed by atoms with Crippen LogP contribution in [0, 0.1) is 17.5 Å². The van der Waals surface area contributed by atoms with Crippen LogP contribution >= 0.6 is 0 Å². The van der Waals surface area contributed by atoms with Gasteiger partial charge in [-0.05, 0) is 49.4 Å². The van der Waals surface area contributed by atoms with Crippen molar-refractivity contribution in [3.05, 3.63) is 89.2 Å². The lowest BCUT2D eigenvalue weighted by atomic mass is 10.1. The quantitative estimate of drug-likeness (QED) is 0.437. The molecule has 2 amide bonds. The molecule has 2 fully saturated rings. The van der Waals surface area contributed by atoms with E-state index in [9.17, 15) is 22.8 Å². The van der Waals surface area contributed by atoms with Crippen LogP contribution in [0.4, 0.5) is 13.2 Å². The monoisotopic (exact) mass is 526 g/mol. The number of carbonyl (C=O) groups is 2. The van der Waals surface area contributed by atoms with Crippen molar-refractivity contribution in [2.75, 3.05) is 32.8 Å². The third-order valence-electron chi connectivity index (χ3n) is 6.56. The predicted molar refractivity (Wildman–Crippen MR) is 131 cm³/mol. The van der Waals surface area contributed by atoms with Gasteiger partial charge >= 0.3 is 0 Å². The molecule has 0 saturated carbocycles. The van der Waals surface area contributed by atoms with Gasteiger partial charge in [-0.2, -0.15) is 4.39 Å². The van der Waals surface area contributed by atoms with Gasteiger partial charge in [0.25, 0.3) is 11.8 Å². The molecule has 2 atom stereocenters. The molecule has 2 saturated heterocycles. The van der Waals surface area contributed by atoms with E-state index in [0.717, 1.165) is 0 Å². The predicted octanol–water partition coefficient (Wildman–Crippen LogP) is 4.66. The van der Waals surface area contributed by atoms with Gasteiger partial charge in [0.05, 0.1) is 30.9 Å². The Morgan fingerprint density at radius 3 is 2.37 bits per heavy atom. The lowest BCUT2D eigenvalue weighted by molar-refractivity contribution is -0.0369. The van der Waals surface area contributed by atoms with Gasteiger partial charge in [0, 0.05) is 25.2 Å². The van der Waals surface area contributed by atoms with Crippen LogP contribution in [0.5, 0.6) is 17.2 Å². The number of rotatable bonds is 6. The average molecular weight is 527 g/mol.